The molecule has 4 heteroatoms. The van der Waals surface area contributed by atoms with E-state index in [1.165, 1.54) is 6.04 Å². The van der Waals surface area contributed by atoms with Gasteiger partial charge in [-0.1, -0.05) is 6.04 Å². The normalized spacial score (nSPS) is 20.5. The highest BCUT2D eigenvalue weighted by molar-refractivity contribution is 6.35. The van der Waals surface area contributed by atoms with Crippen LogP contribution in [0.25, 0.3) is 0 Å². The third kappa shape index (κ3) is 7.19. The molecule has 1 heterocycles. The highest BCUT2D eigenvalue weighted by Crippen LogP contribution is 2.08. The van der Waals surface area contributed by atoms with Crippen LogP contribution in [0, 0.1) is 0 Å². The minimum atomic E-state index is 0.408. The summed E-state index contributed by atoms with van der Waals surface area (Å²) >= 11 is 0. The van der Waals surface area contributed by atoms with E-state index >= 15 is 0 Å². The van der Waals surface area contributed by atoms with Crippen molar-refractivity contribution in [2.45, 2.75) is 25.5 Å². The van der Waals surface area contributed by atoms with Crippen molar-refractivity contribution in [2.24, 2.45) is 0 Å². The van der Waals surface area contributed by atoms with E-state index in [4.69, 9.17) is 14.2 Å². The fourth-order valence-corrected chi connectivity index (χ4v) is 1.81. The predicted octanol–water partition coefficient (Wildman–Crippen LogP) is 0.908. The fourth-order valence-electron chi connectivity index (χ4n) is 0.925. The summed E-state index contributed by atoms with van der Waals surface area (Å²) in [6, 6.07) is 1.23. The van der Waals surface area contributed by atoms with Gasteiger partial charge in [-0.25, -0.2) is 0 Å². The molecule has 1 unspecified atom stereocenters. The SMILES string of the molecule is CCOC[Si]CCCOCC1CO1. The molecule has 1 aliphatic rings. The van der Waals surface area contributed by atoms with Crippen LogP contribution in [-0.2, 0) is 14.2 Å². The Morgan fingerprint density at radius 2 is 2.31 bits per heavy atom. The molecule has 1 rings (SSSR count). The van der Waals surface area contributed by atoms with E-state index in [-0.39, 0.29) is 0 Å². The molecule has 1 atom stereocenters. The van der Waals surface area contributed by atoms with Gasteiger partial charge >= 0.3 is 0 Å². The van der Waals surface area contributed by atoms with Gasteiger partial charge in [0.25, 0.3) is 0 Å². The average molecular weight is 202 g/mol. The van der Waals surface area contributed by atoms with E-state index in [9.17, 15) is 0 Å². The zero-order valence-corrected chi connectivity index (χ0v) is 9.25. The van der Waals surface area contributed by atoms with Crippen molar-refractivity contribution in [3.8, 4) is 0 Å². The molecular formula is C9H18O3Si. The van der Waals surface area contributed by atoms with Crippen LogP contribution in [-0.4, -0.2) is 48.3 Å². The van der Waals surface area contributed by atoms with Crippen LogP contribution in [0.5, 0.6) is 0 Å². The monoisotopic (exact) mass is 202 g/mol. The smallest absolute Gasteiger partial charge is 0.104 e. The number of rotatable bonds is 9. The first kappa shape index (κ1) is 11.2. The Balaban J connectivity index is 1.63. The molecule has 76 valence electrons. The molecule has 0 amide bonds. The molecule has 1 saturated heterocycles. The lowest BCUT2D eigenvalue weighted by molar-refractivity contribution is 0.117. The molecular weight excluding hydrogens is 184 g/mol. The highest BCUT2D eigenvalue weighted by Gasteiger charge is 2.21. The summed E-state index contributed by atoms with van der Waals surface area (Å²) < 4.78 is 15.7. The van der Waals surface area contributed by atoms with E-state index in [1.54, 1.807) is 0 Å². The van der Waals surface area contributed by atoms with Crippen LogP contribution in [0.3, 0.4) is 0 Å². The van der Waals surface area contributed by atoms with Gasteiger partial charge < -0.3 is 14.2 Å². The molecule has 0 aromatic heterocycles. The van der Waals surface area contributed by atoms with Gasteiger partial charge in [0.2, 0.25) is 0 Å². The summed E-state index contributed by atoms with van der Waals surface area (Å²) in [6.45, 7) is 5.42. The second-order valence-corrected chi connectivity index (χ2v) is 4.31. The Kier molecular flexibility index (Phi) is 6.44. The van der Waals surface area contributed by atoms with Gasteiger partial charge in [-0.05, 0) is 13.3 Å². The molecule has 0 aliphatic carbocycles. The Morgan fingerprint density at radius 3 is 3.00 bits per heavy atom. The van der Waals surface area contributed by atoms with E-state index in [0.29, 0.717) is 6.10 Å². The van der Waals surface area contributed by atoms with E-state index < -0.39 is 0 Å². The zero-order valence-electron chi connectivity index (χ0n) is 8.25. The number of epoxide rings is 1. The van der Waals surface area contributed by atoms with Crippen LogP contribution in [0.4, 0.5) is 0 Å². The van der Waals surface area contributed by atoms with Gasteiger partial charge in [0.05, 0.1) is 22.7 Å². The first-order valence-corrected chi connectivity index (χ1v) is 6.32. The minimum Gasteiger partial charge on any atom is -0.386 e. The quantitative estimate of drug-likeness (QED) is 0.316. The lowest BCUT2D eigenvalue weighted by Crippen LogP contribution is -2.06. The summed E-state index contributed by atoms with van der Waals surface area (Å²) in [5.74, 6) is 0. The third-order valence-electron chi connectivity index (χ3n) is 1.76. The van der Waals surface area contributed by atoms with E-state index in [2.05, 4.69) is 0 Å². The molecule has 3 nitrogen and oxygen atoms in total. The van der Waals surface area contributed by atoms with Crippen LogP contribution < -0.4 is 0 Å². The largest absolute Gasteiger partial charge is 0.386 e. The number of hydrogen-bond donors (Lipinski definition) is 0. The maximum atomic E-state index is 5.40. The van der Waals surface area contributed by atoms with Gasteiger partial charge in [-0.2, -0.15) is 0 Å². The van der Waals surface area contributed by atoms with Crippen molar-refractivity contribution in [1.82, 2.24) is 0 Å². The zero-order chi connectivity index (χ0) is 9.36. The molecule has 0 bridgehead atoms. The van der Waals surface area contributed by atoms with E-state index in [0.717, 1.165) is 48.6 Å². The molecule has 0 aromatic rings. The predicted molar refractivity (Wildman–Crippen MR) is 52.2 cm³/mol. The Labute approximate surface area is 82.6 Å². The Bertz CT molecular complexity index is 117. The van der Waals surface area contributed by atoms with Gasteiger partial charge in [0.1, 0.15) is 6.10 Å². The van der Waals surface area contributed by atoms with Crippen molar-refractivity contribution in [3.05, 3.63) is 0 Å². The first-order chi connectivity index (χ1) is 6.43. The second kappa shape index (κ2) is 7.50. The number of ether oxygens (including phenoxy) is 3. The molecule has 1 fully saturated rings. The first-order valence-electron chi connectivity index (χ1n) is 4.91. The molecule has 13 heavy (non-hydrogen) atoms. The van der Waals surface area contributed by atoms with Gasteiger partial charge in [0.15, 0.2) is 0 Å². The van der Waals surface area contributed by atoms with Crippen molar-refractivity contribution in [2.75, 3.05) is 32.7 Å². The summed E-state index contributed by atoms with van der Waals surface area (Å²) in [5.41, 5.74) is 0. The molecule has 2 radical (unpaired) electrons. The maximum absolute atomic E-state index is 5.40. The topological polar surface area (TPSA) is 31.0 Å². The Hall–Kier alpha value is 0.0969. The maximum Gasteiger partial charge on any atom is 0.104 e. The third-order valence-corrected chi connectivity index (χ3v) is 2.87. The van der Waals surface area contributed by atoms with Crippen molar-refractivity contribution in [1.29, 1.82) is 0 Å². The van der Waals surface area contributed by atoms with Crippen molar-refractivity contribution < 1.29 is 14.2 Å². The highest BCUT2D eigenvalue weighted by atomic mass is 28.2. The lowest BCUT2D eigenvalue weighted by Gasteiger charge is -2.01. The van der Waals surface area contributed by atoms with E-state index in [1.807, 2.05) is 6.92 Å². The average Bonchev–Trinajstić information content (AvgIpc) is 2.93. The van der Waals surface area contributed by atoms with Gasteiger partial charge in [-0.3, -0.25) is 0 Å². The summed E-state index contributed by atoms with van der Waals surface area (Å²) in [4.78, 5) is 0. The van der Waals surface area contributed by atoms with Crippen LogP contribution >= 0.6 is 0 Å². The summed E-state index contributed by atoms with van der Waals surface area (Å²) in [5, 5.41) is 0. The Morgan fingerprint density at radius 1 is 1.46 bits per heavy atom. The lowest BCUT2D eigenvalue weighted by atomic mass is 10.5. The van der Waals surface area contributed by atoms with Crippen LogP contribution in [0.15, 0.2) is 0 Å². The second-order valence-electron chi connectivity index (χ2n) is 3.02. The summed E-state index contributed by atoms with van der Waals surface area (Å²) in [7, 11) is 0.927. The van der Waals surface area contributed by atoms with Crippen LogP contribution in [0.1, 0.15) is 13.3 Å². The standard InChI is InChI=1S/C9H18O3Si/c1-2-10-8-13-5-3-4-11-6-9-7-12-9/h9H,2-8H2,1H3. The number of hydrogen-bond acceptors (Lipinski definition) is 3. The fraction of sp³-hybridized carbons (Fsp3) is 1.00. The minimum absolute atomic E-state index is 0.408. The van der Waals surface area contributed by atoms with Crippen molar-refractivity contribution >= 4 is 9.52 Å². The molecule has 0 saturated carbocycles. The van der Waals surface area contributed by atoms with Gasteiger partial charge in [-0.15, -0.1) is 0 Å². The van der Waals surface area contributed by atoms with Gasteiger partial charge in [0, 0.05) is 19.4 Å². The van der Waals surface area contributed by atoms with Crippen molar-refractivity contribution in [3.63, 3.8) is 0 Å². The molecule has 0 aromatic carbocycles. The molecule has 1 aliphatic heterocycles. The molecule has 0 spiro atoms. The molecule has 0 N–H and O–H groups in total. The summed E-state index contributed by atoms with van der Waals surface area (Å²) in [6.07, 6.45) is 2.48. The van der Waals surface area contributed by atoms with Crippen LogP contribution in [0.2, 0.25) is 6.04 Å².